The molecular weight excluding hydrogens is 420 g/mol. The summed E-state index contributed by atoms with van der Waals surface area (Å²) in [6.07, 6.45) is 0. The van der Waals surface area contributed by atoms with Gasteiger partial charge in [-0.05, 0) is 0 Å². The van der Waals surface area contributed by atoms with Crippen LogP contribution in [0.2, 0.25) is 0 Å². The minimum Gasteiger partial charge on any atom is -1.00 e. The van der Waals surface area contributed by atoms with E-state index in [1.165, 1.54) is 0 Å². The Labute approximate surface area is 150 Å². The van der Waals surface area contributed by atoms with Gasteiger partial charge in [-0.15, -0.1) is 0 Å². The number of halogens is 1. The summed E-state index contributed by atoms with van der Waals surface area (Å²) in [5.74, 6) is 0. The Bertz CT molecular complexity index is 22.0. The van der Waals surface area contributed by atoms with Gasteiger partial charge in [0.05, 0.1) is 0 Å². The van der Waals surface area contributed by atoms with E-state index in [9.17, 15) is 0 Å². The van der Waals surface area contributed by atoms with Gasteiger partial charge in [0.1, 0.15) is 0 Å². The summed E-state index contributed by atoms with van der Waals surface area (Å²) in [5.41, 5.74) is 0. The van der Waals surface area contributed by atoms with Crippen LogP contribution in [0.15, 0.2) is 0 Å². The molecule has 0 N–H and O–H groups in total. The normalized spacial score (nSPS) is 0. The summed E-state index contributed by atoms with van der Waals surface area (Å²) in [6, 6.07) is 0. The summed E-state index contributed by atoms with van der Waals surface area (Å²) in [7, 11) is 0. The van der Waals surface area contributed by atoms with Crippen molar-refractivity contribution in [3.05, 3.63) is 0 Å². The van der Waals surface area contributed by atoms with Crippen molar-refractivity contribution < 1.29 is 88.2 Å². The van der Waals surface area contributed by atoms with Gasteiger partial charge in [0.15, 0.2) is 17.4 Å². The van der Waals surface area contributed by atoms with Gasteiger partial charge in [-0.25, -0.2) is 0 Å². The first kappa shape index (κ1) is 45.5. The maximum Gasteiger partial charge on any atom is 2.00 e. The summed E-state index contributed by atoms with van der Waals surface area (Å²) in [5, 5.41) is 0. The number of hydrogen-bond acceptors (Lipinski definition) is 0. The van der Waals surface area contributed by atoms with Gasteiger partial charge >= 0.3 is 67.7 Å². The molecule has 0 amide bonds. The Morgan fingerprint density at radius 1 is 1.17 bits per heavy atom. The average molecular weight is 425 g/mol. The van der Waals surface area contributed by atoms with Crippen molar-refractivity contribution in [1.29, 1.82) is 0 Å². The molecule has 1 radical (unpaired) electrons. The largest absolute Gasteiger partial charge is 2.00 e. The first-order chi connectivity index (χ1) is 0. The molecule has 0 aromatic carbocycles. The standard InChI is InChI=1S/Al.Ba.FH.La.Li.Zr.5H/h;;1H;;;;;;;;/q;+2;;;+1;;;;;2*-1/p-1. The smallest absolute Gasteiger partial charge is 1.00 e. The Morgan fingerprint density at radius 2 is 1.17 bits per heavy atom. The predicted molar refractivity (Wildman–Crippen MR) is 17.9 cm³/mol. The zero-order valence-electron chi connectivity index (χ0n) is 5.16. The van der Waals surface area contributed by atoms with E-state index in [4.69, 9.17) is 0 Å². The van der Waals surface area contributed by atoms with Crippen LogP contribution < -0.4 is 23.6 Å². The number of hydrogen-bond donors (Lipinski definition) is 0. The van der Waals surface area contributed by atoms with Gasteiger partial charge in [-0.2, -0.15) is 0 Å². The van der Waals surface area contributed by atoms with E-state index in [1.807, 2.05) is 0 Å². The molecular formula is H5AlBaFLaLiZr. The fourth-order valence-corrected chi connectivity index (χ4v) is 0. The topological polar surface area (TPSA) is 0 Å². The van der Waals surface area contributed by atoms with Crippen molar-refractivity contribution in [3.8, 4) is 0 Å². The second-order valence-corrected chi connectivity index (χ2v) is 0. The van der Waals surface area contributed by atoms with Gasteiger partial charge in [-0.3, -0.25) is 0 Å². The minimum absolute atomic E-state index is 0. The Morgan fingerprint density at radius 3 is 1.17 bits per heavy atom. The van der Waals surface area contributed by atoms with Crippen LogP contribution in [0, 0.1) is 35.6 Å². The summed E-state index contributed by atoms with van der Waals surface area (Å²) in [4.78, 5) is 0. The van der Waals surface area contributed by atoms with Crippen LogP contribution in [-0.2, 0) is 26.2 Å². The molecule has 0 spiro atoms. The minimum atomic E-state index is 0. The van der Waals surface area contributed by atoms with Crippen LogP contribution in [-0.4, -0.2) is 66.2 Å². The molecule has 0 nitrogen and oxygen atoms in total. The SMILES string of the molecule is [AlH3].[Ba+2].[F-].[H-].[H-].[La].[Li+].[Zr]. The quantitative estimate of drug-likeness (QED) is 0.339. The van der Waals surface area contributed by atoms with E-state index in [2.05, 4.69) is 0 Å². The molecule has 0 bridgehead atoms. The average Bonchev–Trinajstić information content (AvgIpc) is 0. The van der Waals surface area contributed by atoms with Crippen LogP contribution in [0.4, 0.5) is 0 Å². The fraction of sp³-hybridized carbons (Fsp3) is 0. The van der Waals surface area contributed by atoms with Crippen molar-refractivity contribution in [3.63, 3.8) is 0 Å². The number of rotatable bonds is 0. The van der Waals surface area contributed by atoms with E-state index >= 15 is 0 Å². The van der Waals surface area contributed by atoms with Crippen LogP contribution in [0.3, 0.4) is 0 Å². The predicted octanol–water partition coefficient (Wildman–Crippen LogP) is -7.33. The molecule has 0 fully saturated rings. The second-order valence-electron chi connectivity index (χ2n) is 0. The molecule has 0 heterocycles. The third kappa shape index (κ3) is 23.3. The Balaban J connectivity index is 0. The summed E-state index contributed by atoms with van der Waals surface area (Å²) >= 11 is 0. The van der Waals surface area contributed by atoms with E-state index in [0.29, 0.717) is 0 Å². The summed E-state index contributed by atoms with van der Waals surface area (Å²) in [6.45, 7) is 0. The maximum absolute atomic E-state index is 0. The molecule has 0 aromatic heterocycles. The van der Waals surface area contributed by atoms with Crippen molar-refractivity contribution in [2.24, 2.45) is 0 Å². The molecule has 6 heteroatoms. The maximum atomic E-state index is 0. The van der Waals surface area contributed by atoms with Crippen LogP contribution in [0.25, 0.3) is 0 Å². The second kappa shape index (κ2) is 33.2. The molecule has 0 saturated carbocycles. The molecule has 0 aromatic rings. The van der Waals surface area contributed by atoms with Crippen molar-refractivity contribution >= 4 is 66.2 Å². The third-order valence-corrected chi connectivity index (χ3v) is 0. The first-order valence-corrected chi connectivity index (χ1v) is 0. The fourth-order valence-electron chi connectivity index (χ4n) is 0. The molecule has 0 aliphatic carbocycles. The van der Waals surface area contributed by atoms with Gasteiger partial charge < -0.3 is 7.56 Å². The van der Waals surface area contributed by atoms with E-state index in [1.54, 1.807) is 0 Å². The zero-order chi connectivity index (χ0) is 0. The first-order valence-electron chi connectivity index (χ1n) is 0. The van der Waals surface area contributed by atoms with Crippen molar-refractivity contribution in [2.75, 3.05) is 0 Å². The molecule has 6 heavy (non-hydrogen) atoms. The van der Waals surface area contributed by atoms with Crippen LogP contribution >= 0.6 is 0 Å². The van der Waals surface area contributed by atoms with Gasteiger partial charge in [0.25, 0.3) is 0 Å². The zero-order valence-corrected chi connectivity index (χ0v) is 13.7. The van der Waals surface area contributed by atoms with Crippen molar-refractivity contribution in [1.82, 2.24) is 0 Å². The molecule has 0 unspecified atom stereocenters. The van der Waals surface area contributed by atoms with Gasteiger partial charge in [0, 0.05) is 61.8 Å². The molecule has 0 aliphatic rings. The van der Waals surface area contributed by atoms with E-state index in [0.717, 1.165) is 0 Å². The van der Waals surface area contributed by atoms with Gasteiger partial charge in [-0.1, -0.05) is 0 Å². The summed E-state index contributed by atoms with van der Waals surface area (Å²) < 4.78 is 0. The van der Waals surface area contributed by atoms with Gasteiger partial charge in [0.2, 0.25) is 0 Å². The van der Waals surface area contributed by atoms with E-state index < -0.39 is 0 Å². The van der Waals surface area contributed by atoms with Crippen LogP contribution in [0.5, 0.6) is 0 Å². The molecule has 0 rings (SSSR count). The molecule has 0 atom stereocenters. The Hall–Kier alpha value is 4.71. The monoisotopic (exact) mass is 425 g/mol. The van der Waals surface area contributed by atoms with Crippen LogP contribution in [0.1, 0.15) is 2.85 Å². The Kier molecular flexibility index (Phi) is 252. The molecule has 0 saturated heterocycles. The van der Waals surface area contributed by atoms with Crippen molar-refractivity contribution in [2.45, 2.75) is 0 Å². The molecule has 25 valence electrons. The molecule has 0 aliphatic heterocycles. The third-order valence-electron chi connectivity index (χ3n) is 0. The van der Waals surface area contributed by atoms with E-state index in [-0.39, 0.29) is 154 Å².